The summed E-state index contributed by atoms with van der Waals surface area (Å²) in [5.74, 6) is -0.276. The van der Waals surface area contributed by atoms with Crippen molar-refractivity contribution in [1.29, 1.82) is 0 Å². The predicted molar refractivity (Wildman–Crippen MR) is 144 cm³/mol. The van der Waals surface area contributed by atoms with Gasteiger partial charge in [0.2, 0.25) is 5.91 Å². The number of carbonyl (C=O) groups is 2. The smallest absolute Gasteiger partial charge is 0.258 e. The molecule has 2 heterocycles. The molecule has 1 atom stereocenters. The van der Waals surface area contributed by atoms with Crippen LogP contribution in [0, 0.1) is 5.92 Å². The largest absolute Gasteiger partial charge is 0.325 e. The zero-order chi connectivity index (χ0) is 24.1. The van der Waals surface area contributed by atoms with E-state index in [1.807, 2.05) is 6.07 Å². The van der Waals surface area contributed by atoms with Crippen LogP contribution < -0.4 is 10.6 Å². The van der Waals surface area contributed by atoms with Crippen LogP contribution in [0.1, 0.15) is 41.7 Å². The van der Waals surface area contributed by atoms with Crippen molar-refractivity contribution in [2.75, 3.05) is 23.7 Å². The van der Waals surface area contributed by atoms with Crippen LogP contribution in [0.5, 0.6) is 0 Å². The van der Waals surface area contributed by atoms with Gasteiger partial charge in [-0.3, -0.25) is 14.5 Å². The number of nitrogens with zero attached hydrogens (tertiary/aromatic N) is 2. The quantitative estimate of drug-likeness (QED) is 0.381. The van der Waals surface area contributed by atoms with E-state index in [-0.39, 0.29) is 29.8 Å². The van der Waals surface area contributed by atoms with Crippen LogP contribution in [-0.2, 0) is 4.79 Å². The number of rotatable bonds is 6. The third-order valence-electron chi connectivity index (χ3n) is 6.18. The summed E-state index contributed by atoms with van der Waals surface area (Å²) >= 11 is 12.0. The Bertz CT molecular complexity index is 1150. The van der Waals surface area contributed by atoms with Crippen molar-refractivity contribution in [2.24, 2.45) is 5.92 Å². The fourth-order valence-corrected chi connectivity index (χ4v) is 4.46. The molecule has 2 amide bonds. The molecule has 0 unspecified atom stereocenters. The molecular weight excluding hydrogens is 507 g/mol. The molecule has 184 valence electrons. The van der Waals surface area contributed by atoms with E-state index in [0.29, 0.717) is 27.6 Å². The molecule has 3 aromatic rings. The molecule has 1 aliphatic rings. The Labute approximate surface area is 221 Å². The lowest BCUT2D eigenvalue weighted by Crippen LogP contribution is -2.39. The number of benzene rings is 2. The molecule has 9 heteroatoms. The molecule has 1 aliphatic heterocycles. The van der Waals surface area contributed by atoms with Crippen LogP contribution in [0.25, 0.3) is 0 Å². The van der Waals surface area contributed by atoms with Crippen molar-refractivity contribution in [3.05, 3.63) is 88.0 Å². The summed E-state index contributed by atoms with van der Waals surface area (Å²) in [5.41, 5.74) is 1.96. The first-order chi connectivity index (χ1) is 16.4. The molecule has 1 saturated heterocycles. The second kappa shape index (κ2) is 12.4. The number of likely N-dealkylation sites (tertiary alicyclic amines) is 1. The van der Waals surface area contributed by atoms with Crippen LogP contribution in [0.4, 0.5) is 11.5 Å². The first-order valence-corrected chi connectivity index (χ1v) is 12.0. The number of pyridine rings is 1. The second-order valence-electron chi connectivity index (χ2n) is 8.39. The molecule has 0 radical (unpaired) electrons. The van der Waals surface area contributed by atoms with E-state index in [2.05, 4.69) is 51.7 Å². The summed E-state index contributed by atoms with van der Waals surface area (Å²) in [6.45, 7) is 3.87. The van der Waals surface area contributed by atoms with Gasteiger partial charge in [-0.2, -0.15) is 0 Å². The second-order valence-corrected chi connectivity index (χ2v) is 9.26. The molecule has 35 heavy (non-hydrogen) atoms. The van der Waals surface area contributed by atoms with Crippen LogP contribution in [0.3, 0.4) is 0 Å². The fourth-order valence-electron chi connectivity index (χ4n) is 4.17. The number of aromatic nitrogens is 1. The summed E-state index contributed by atoms with van der Waals surface area (Å²) in [4.78, 5) is 32.4. The maximum atomic E-state index is 13.0. The van der Waals surface area contributed by atoms with Crippen molar-refractivity contribution in [1.82, 2.24) is 9.88 Å². The average Bonchev–Trinajstić information content (AvgIpc) is 2.86. The summed E-state index contributed by atoms with van der Waals surface area (Å²) in [7, 11) is 0. The summed E-state index contributed by atoms with van der Waals surface area (Å²) in [5, 5.41) is 6.52. The van der Waals surface area contributed by atoms with Crippen LogP contribution in [-0.4, -0.2) is 34.8 Å². The third-order valence-corrected chi connectivity index (χ3v) is 6.64. The third kappa shape index (κ3) is 6.95. The van der Waals surface area contributed by atoms with Gasteiger partial charge in [0, 0.05) is 23.2 Å². The van der Waals surface area contributed by atoms with E-state index in [0.717, 1.165) is 25.9 Å². The standard InChI is InChI=1S/C26H26Cl2N4O2.ClH/c1-17(18-5-3-2-4-6-18)32-13-11-19(12-14-32)25(33)30-23-9-7-20(27)15-22(23)26(34)31-24-10-8-21(28)16-29-24;/h2-10,15-17,19H,11-14H2,1H3,(H,30,33)(H,29,31,34);1H/t17-;/m1./s1. The van der Waals surface area contributed by atoms with Crippen LogP contribution in [0.15, 0.2) is 66.9 Å². The topological polar surface area (TPSA) is 74.3 Å². The molecule has 0 aliphatic carbocycles. The lowest BCUT2D eigenvalue weighted by atomic mass is 9.93. The normalized spacial score (nSPS) is 15.1. The Morgan fingerprint density at radius 2 is 1.66 bits per heavy atom. The van der Waals surface area contributed by atoms with Crippen molar-refractivity contribution >= 4 is 58.9 Å². The highest BCUT2D eigenvalue weighted by Crippen LogP contribution is 2.28. The van der Waals surface area contributed by atoms with E-state index >= 15 is 0 Å². The number of anilines is 2. The van der Waals surface area contributed by atoms with Gasteiger partial charge in [0.15, 0.2) is 0 Å². The molecular formula is C26H27Cl3N4O2. The maximum Gasteiger partial charge on any atom is 0.258 e. The van der Waals surface area contributed by atoms with E-state index < -0.39 is 5.91 Å². The summed E-state index contributed by atoms with van der Waals surface area (Å²) < 4.78 is 0. The predicted octanol–water partition coefficient (Wildman–Crippen LogP) is 6.47. The Morgan fingerprint density at radius 3 is 2.31 bits per heavy atom. The van der Waals surface area contributed by atoms with Gasteiger partial charge in [-0.05, 0) is 68.8 Å². The van der Waals surface area contributed by atoms with Crippen LogP contribution in [0.2, 0.25) is 10.0 Å². The van der Waals surface area contributed by atoms with Crippen molar-refractivity contribution in [2.45, 2.75) is 25.8 Å². The molecule has 0 bridgehead atoms. The highest BCUT2D eigenvalue weighted by molar-refractivity contribution is 6.31. The van der Waals surface area contributed by atoms with Gasteiger partial charge in [0.25, 0.3) is 5.91 Å². The lowest BCUT2D eigenvalue weighted by Gasteiger charge is -2.35. The van der Waals surface area contributed by atoms with Gasteiger partial charge in [-0.25, -0.2) is 4.98 Å². The first-order valence-electron chi connectivity index (χ1n) is 11.2. The number of amides is 2. The molecule has 1 fully saturated rings. The lowest BCUT2D eigenvalue weighted by molar-refractivity contribution is -0.121. The van der Waals surface area contributed by atoms with Crippen molar-refractivity contribution in [3.8, 4) is 0 Å². The Balaban J connectivity index is 0.00000342. The number of hydrogen-bond donors (Lipinski definition) is 2. The molecule has 2 N–H and O–H groups in total. The van der Waals surface area contributed by atoms with Crippen molar-refractivity contribution in [3.63, 3.8) is 0 Å². The van der Waals surface area contributed by atoms with Crippen LogP contribution >= 0.6 is 35.6 Å². The molecule has 4 rings (SSSR count). The zero-order valence-electron chi connectivity index (χ0n) is 19.2. The van der Waals surface area contributed by atoms with Gasteiger partial charge in [0.1, 0.15) is 5.82 Å². The summed E-state index contributed by atoms with van der Waals surface area (Å²) in [6, 6.07) is 18.8. The molecule has 0 saturated carbocycles. The highest BCUT2D eigenvalue weighted by atomic mass is 35.5. The van der Waals surface area contributed by atoms with Crippen molar-refractivity contribution < 1.29 is 9.59 Å². The monoisotopic (exact) mass is 532 g/mol. The minimum Gasteiger partial charge on any atom is -0.325 e. The maximum absolute atomic E-state index is 13.0. The van der Waals surface area contributed by atoms with E-state index in [9.17, 15) is 9.59 Å². The van der Waals surface area contributed by atoms with E-state index in [4.69, 9.17) is 23.2 Å². The molecule has 0 spiro atoms. The molecule has 6 nitrogen and oxygen atoms in total. The first kappa shape index (κ1) is 27.0. The molecule has 2 aromatic carbocycles. The van der Waals surface area contributed by atoms with Gasteiger partial charge < -0.3 is 10.6 Å². The minimum atomic E-state index is -0.417. The van der Waals surface area contributed by atoms with Gasteiger partial charge in [-0.15, -0.1) is 12.4 Å². The SMILES string of the molecule is C[C@H](c1ccccc1)N1CCC(C(=O)Nc2ccc(Cl)cc2C(=O)Nc2ccc(Cl)cn2)CC1.Cl. The summed E-state index contributed by atoms with van der Waals surface area (Å²) in [6.07, 6.45) is 2.96. The Morgan fingerprint density at radius 1 is 0.971 bits per heavy atom. The fraction of sp³-hybridized carbons (Fsp3) is 0.269. The van der Waals surface area contributed by atoms with Gasteiger partial charge in [0.05, 0.1) is 16.3 Å². The van der Waals surface area contributed by atoms with Gasteiger partial charge in [-0.1, -0.05) is 53.5 Å². The Kier molecular flexibility index (Phi) is 9.52. The highest BCUT2D eigenvalue weighted by Gasteiger charge is 2.28. The number of hydrogen-bond acceptors (Lipinski definition) is 4. The minimum absolute atomic E-state index is 0. The van der Waals surface area contributed by atoms with Gasteiger partial charge >= 0.3 is 0 Å². The number of carbonyl (C=O) groups excluding carboxylic acids is 2. The average molecular weight is 534 g/mol. The van der Waals surface area contributed by atoms with E-state index in [1.54, 1.807) is 24.3 Å². The number of halogens is 3. The number of nitrogens with one attached hydrogen (secondary N) is 2. The Hall–Kier alpha value is -2.64. The number of piperidine rings is 1. The zero-order valence-corrected chi connectivity index (χ0v) is 21.5. The molecule has 1 aromatic heterocycles. The van der Waals surface area contributed by atoms with E-state index in [1.165, 1.54) is 17.8 Å².